The van der Waals surface area contributed by atoms with Gasteiger partial charge >= 0.3 is 21.1 Å². The summed E-state index contributed by atoms with van der Waals surface area (Å²) in [6.07, 6.45) is 0. The van der Waals surface area contributed by atoms with Crippen LogP contribution in [0, 0.1) is 13.8 Å². The Balaban J connectivity index is 0.00000252. The minimum atomic E-state index is 0. The van der Waals surface area contributed by atoms with Gasteiger partial charge in [0.25, 0.3) is 0 Å². The molecule has 8 bridgehead atoms. The second kappa shape index (κ2) is 8.98. The largest absolute Gasteiger partial charge is 2.00 e. The first-order chi connectivity index (χ1) is 17.6. The number of aromatic nitrogens is 8. The molecule has 37 heavy (non-hydrogen) atoms. The first-order valence-electron chi connectivity index (χ1n) is 11.5. The molecule has 0 aliphatic heterocycles. The van der Waals surface area contributed by atoms with Crippen LogP contribution in [0.1, 0.15) is 11.1 Å². The van der Waals surface area contributed by atoms with Crippen LogP contribution < -0.4 is 9.97 Å². The summed E-state index contributed by atoms with van der Waals surface area (Å²) in [4.78, 5) is 38.0. The van der Waals surface area contributed by atoms with E-state index >= 15 is 0 Å². The Bertz CT molecular complexity index is 1810. The van der Waals surface area contributed by atoms with Gasteiger partial charge in [-0.15, -0.1) is 0 Å². The van der Waals surface area contributed by atoms with Crippen molar-refractivity contribution in [2.75, 3.05) is 0 Å². The quantitative estimate of drug-likeness (QED) is 0.219. The summed E-state index contributed by atoms with van der Waals surface area (Å²) in [5.74, 6) is 0. The third-order valence-electron chi connectivity index (χ3n) is 6.01. The monoisotopic (exact) mass is 661 g/mol. The van der Waals surface area contributed by atoms with Gasteiger partial charge in [0.05, 0.1) is 22.6 Å². The molecule has 180 valence electrons. The molecule has 0 spiro atoms. The van der Waals surface area contributed by atoms with Crippen molar-refractivity contribution in [3.8, 4) is 0 Å². The van der Waals surface area contributed by atoms with Crippen LogP contribution >= 0.6 is 0 Å². The minimum absolute atomic E-state index is 0. The zero-order valence-corrected chi connectivity index (χ0v) is 22.1. The van der Waals surface area contributed by atoms with Crippen molar-refractivity contribution < 1.29 is 21.1 Å². The molecule has 0 aliphatic carbocycles. The molecule has 7 aromatic rings. The van der Waals surface area contributed by atoms with E-state index in [9.17, 15) is 0 Å². The fourth-order valence-corrected chi connectivity index (χ4v) is 4.45. The Morgan fingerprint density at radius 3 is 0.973 bits per heavy atom. The molecule has 0 N–H and O–H groups in total. The van der Waals surface area contributed by atoms with Gasteiger partial charge in [0.1, 0.15) is 0 Å². The maximum atomic E-state index is 4.79. The minimum Gasteiger partial charge on any atom is -0.357 e. The number of fused-ring (bicyclic) bond motifs is 14. The van der Waals surface area contributed by atoms with Crippen molar-refractivity contribution in [2.24, 2.45) is 0 Å². The molecule has 5 heterocycles. The van der Waals surface area contributed by atoms with E-state index in [0.717, 1.165) is 32.7 Å². The summed E-state index contributed by atoms with van der Waals surface area (Å²) in [5, 5.41) is 3.58. The van der Waals surface area contributed by atoms with Crippen LogP contribution in [0.2, 0.25) is 0 Å². The molecule has 0 saturated heterocycles. The number of hydrogen-bond donors (Lipinski definition) is 0. The standard InChI is InChI=1S/C28H18N8.Pt/c1-15-11-21-29-22(12-15)32-26-18-8-4-6-10-20(18)28(36-26)34-24-14-16(2)13-23(30-24)33-27-19-9-5-3-7-17(19)25(31-21)35-27;/h3-14H,1-2H3;/q-2;+2. The molecule has 0 atom stereocenters. The van der Waals surface area contributed by atoms with E-state index < -0.39 is 0 Å². The van der Waals surface area contributed by atoms with Crippen LogP contribution in [0.4, 0.5) is 0 Å². The smallest absolute Gasteiger partial charge is 0.357 e. The molecule has 7 rings (SSSR count). The van der Waals surface area contributed by atoms with E-state index in [-0.39, 0.29) is 21.1 Å². The molecule has 0 unspecified atom stereocenters. The fraction of sp³-hybridized carbons (Fsp3) is 0.0714. The number of pyridine rings is 2. The molecular formula is C28H18N8Pt. The fourth-order valence-electron chi connectivity index (χ4n) is 4.45. The van der Waals surface area contributed by atoms with Gasteiger partial charge in [-0.05, 0) is 70.8 Å². The summed E-state index contributed by atoms with van der Waals surface area (Å²) in [5.41, 5.74) is 6.27. The number of hydrogen-bond acceptors (Lipinski definition) is 6. The predicted molar refractivity (Wildman–Crippen MR) is 141 cm³/mol. The van der Waals surface area contributed by atoms with Crippen LogP contribution in [0.5, 0.6) is 0 Å². The first-order valence-corrected chi connectivity index (χ1v) is 11.5. The molecule has 0 aliphatic rings. The van der Waals surface area contributed by atoms with E-state index in [0.29, 0.717) is 45.2 Å². The maximum Gasteiger partial charge on any atom is 2.00 e. The molecule has 0 saturated carbocycles. The summed E-state index contributed by atoms with van der Waals surface area (Å²) >= 11 is 0. The SMILES string of the molecule is Cc1cc2nc(c1)nc1[n-]c(nc3cc(C)cc(n3)nc3[n-]c(n2)c2ccccc32)c2ccccc12.[Pt+2]. The van der Waals surface area contributed by atoms with Crippen molar-refractivity contribution in [3.05, 3.63) is 83.9 Å². The van der Waals surface area contributed by atoms with Gasteiger partial charge in [-0.25, -0.2) is 9.97 Å². The van der Waals surface area contributed by atoms with Crippen molar-refractivity contribution >= 4 is 66.7 Å². The number of aryl methyl sites for hydroxylation is 2. The van der Waals surface area contributed by atoms with Gasteiger partial charge in [0, 0.05) is 22.6 Å². The molecule has 0 amide bonds. The zero-order valence-electron chi connectivity index (χ0n) is 19.8. The average Bonchev–Trinajstić information content (AvgIpc) is 3.36. The first kappa shape index (κ1) is 23.1. The maximum absolute atomic E-state index is 4.79. The third-order valence-corrected chi connectivity index (χ3v) is 6.01. The second-order valence-electron chi connectivity index (χ2n) is 8.78. The van der Waals surface area contributed by atoms with Gasteiger partial charge in [-0.2, -0.15) is 0 Å². The molecule has 5 aromatic heterocycles. The third kappa shape index (κ3) is 4.19. The molecule has 9 heteroatoms. The van der Waals surface area contributed by atoms with Gasteiger partial charge in [-0.3, -0.25) is 0 Å². The van der Waals surface area contributed by atoms with E-state index in [4.69, 9.17) is 39.9 Å². The Kier molecular flexibility index (Phi) is 5.61. The van der Waals surface area contributed by atoms with Crippen LogP contribution in [-0.4, -0.2) is 29.9 Å². The average molecular weight is 662 g/mol. The molecule has 2 aromatic carbocycles. The van der Waals surface area contributed by atoms with Gasteiger partial charge in [0.2, 0.25) is 0 Å². The predicted octanol–water partition coefficient (Wildman–Crippen LogP) is 5.19. The van der Waals surface area contributed by atoms with Crippen molar-refractivity contribution in [1.82, 2.24) is 39.9 Å². The van der Waals surface area contributed by atoms with Crippen molar-refractivity contribution in [1.29, 1.82) is 0 Å². The van der Waals surface area contributed by atoms with Crippen LogP contribution in [0.3, 0.4) is 0 Å². The second-order valence-corrected chi connectivity index (χ2v) is 8.78. The van der Waals surface area contributed by atoms with Crippen LogP contribution in [0.15, 0.2) is 72.8 Å². The van der Waals surface area contributed by atoms with Crippen LogP contribution in [-0.2, 0) is 21.1 Å². The Labute approximate surface area is 224 Å². The van der Waals surface area contributed by atoms with Gasteiger partial charge in [0.15, 0.2) is 0 Å². The Hall–Kier alpha value is -4.29. The Morgan fingerprint density at radius 1 is 0.432 bits per heavy atom. The summed E-state index contributed by atoms with van der Waals surface area (Å²) in [7, 11) is 0. The molecule has 0 fully saturated rings. The summed E-state index contributed by atoms with van der Waals surface area (Å²) in [6.45, 7) is 3.99. The zero-order chi connectivity index (χ0) is 24.2. The molecule has 8 nitrogen and oxygen atoms in total. The normalized spacial score (nSPS) is 11.3. The molecular weight excluding hydrogens is 643 g/mol. The molecule has 0 radical (unpaired) electrons. The van der Waals surface area contributed by atoms with E-state index in [1.165, 1.54) is 0 Å². The van der Waals surface area contributed by atoms with E-state index in [1.54, 1.807) is 0 Å². The van der Waals surface area contributed by atoms with Crippen molar-refractivity contribution in [3.63, 3.8) is 0 Å². The van der Waals surface area contributed by atoms with Gasteiger partial charge in [-0.1, -0.05) is 48.5 Å². The van der Waals surface area contributed by atoms with E-state index in [2.05, 4.69) is 0 Å². The van der Waals surface area contributed by atoms with Crippen LogP contribution in [0.25, 0.3) is 66.7 Å². The van der Waals surface area contributed by atoms with Gasteiger partial charge < -0.3 is 29.9 Å². The van der Waals surface area contributed by atoms with E-state index in [1.807, 2.05) is 86.6 Å². The Morgan fingerprint density at radius 2 is 0.703 bits per heavy atom. The number of rotatable bonds is 0. The number of benzene rings is 2. The topological polar surface area (TPSA) is 106 Å². The summed E-state index contributed by atoms with van der Waals surface area (Å²) < 4.78 is 0. The summed E-state index contributed by atoms with van der Waals surface area (Å²) in [6, 6.07) is 23.4. The number of nitrogens with zero attached hydrogens (tertiary/aromatic N) is 8. The van der Waals surface area contributed by atoms with Crippen molar-refractivity contribution in [2.45, 2.75) is 13.8 Å².